The number of sulfonamides is 1. The third-order valence-electron chi connectivity index (χ3n) is 2.94. The number of aromatic nitrogens is 1. The molecule has 0 bridgehead atoms. The fraction of sp³-hybridized carbons (Fsp3) is 0.214. The molecule has 0 N–H and O–H groups in total. The van der Waals surface area contributed by atoms with E-state index in [0.29, 0.717) is 5.69 Å². The molecule has 0 aliphatic heterocycles. The topological polar surface area (TPSA) is 50.3 Å². The van der Waals surface area contributed by atoms with Gasteiger partial charge in [0, 0.05) is 23.8 Å². The van der Waals surface area contributed by atoms with E-state index in [9.17, 15) is 12.8 Å². The highest BCUT2D eigenvalue weighted by molar-refractivity contribution is 7.88. The zero-order valence-corrected chi connectivity index (χ0v) is 12.9. The van der Waals surface area contributed by atoms with E-state index >= 15 is 0 Å². The first-order valence-electron chi connectivity index (χ1n) is 6.16. The number of pyridine rings is 1. The lowest BCUT2D eigenvalue weighted by Crippen LogP contribution is -2.28. The first-order chi connectivity index (χ1) is 9.88. The Labute approximate surface area is 128 Å². The van der Waals surface area contributed by atoms with Gasteiger partial charge in [0.1, 0.15) is 5.82 Å². The molecule has 0 saturated heterocycles. The lowest BCUT2D eigenvalue weighted by atomic mass is 10.2. The second-order valence-electron chi connectivity index (χ2n) is 4.57. The van der Waals surface area contributed by atoms with Crippen molar-refractivity contribution in [3.8, 4) is 0 Å². The molecule has 0 amide bonds. The van der Waals surface area contributed by atoms with Gasteiger partial charge >= 0.3 is 0 Å². The van der Waals surface area contributed by atoms with Gasteiger partial charge in [-0.1, -0.05) is 23.7 Å². The molecule has 7 heteroatoms. The van der Waals surface area contributed by atoms with E-state index in [1.807, 2.05) is 0 Å². The molecule has 0 radical (unpaired) electrons. The zero-order valence-electron chi connectivity index (χ0n) is 11.3. The van der Waals surface area contributed by atoms with Gasteiger partial charge in [-0.3, -0.25) is 4.98 Å². The van der Waals surface area contributed by atoms with Crippen molar-refractivity contribution >= 4 is 21.6 Å². The molecule has 112 valence electrons. The van der Waals surface area contributed by atoms with Crippen molar-refractivity contribution in [2.24, 2.45) is 0 Å². The number of hydrogen-bond acceptors (Lipinski definition) is 3. The predicted molar refractivity (Wildman–Crippen MR) is 79.7 cm³/mol. The molecule has 21 heavy (non-hydrogen) atoms. The summed E-state index contributed by atoms with van der Waals surface area (Å²) >= 11 is 5.65. The summed E-state index contributed by atoms with van der Waals surface area (Å²) < 4.78 is 39.3. The third-order valence-corrected chi connectivity index (χ3v) is 4.93. The molecule has 4 nitrogen and oxygen atoms in total. The molecule has 1 heterocycles. The summed E-state index contributed by atoms with van der Waals surface area (Å²) in [5, 5.41) is 0.232. The molecular formula is C14H14ClFN2O2S. The van der Waals surface area contributed by atoms with Gasteiger partial charge in [-0.15, -0.1) is 0 Å². The minimum Gasteiger partial charge on any atom is -0.260 e. The molecule has 1 aromatic heterocycles. The number of nitrogens with zero attached hydrogens (tertiary/aromatic N) is 2. The Morgan fingerprint density at radius 2 is 2.05 bits per heavy atom. The van der Waals surface area contributed by atoms with Gasteiger partial charge in [-0.25, -0.2) is 12.8 Å². The van der Waals surface area contributed by atoms with Gasteiger partial charge in [0.25, 0.3) is 0 Å². The van der Waals surface area contributed by atoms with Crippen LogP contribution in [-0.2, 0) is 22.3 Å². The van der Waals surface area contributed by atoms with E-state index in [0.717, 1.165) is 10.4 Å². The lowest BCUT2D eigenvalue weighted by molar-refractivity contribution is 0.460. The van der Waals surface area contributed by atoms with Gasteiger partial charge in [0.05, 0.1) is 18.0 Å². The van der Waals surface area contributed by atoms with Crippen LogP contribution in [0.5, 0.6) is 0 Å². The molecule has 2 aromatic rings. The normalized spacial score (nSPS) is 11.8. The van der Waals surface area contributed by atoms with E-state index in [1.54, 1.807) is 24.4 Å². The summed E-state index contributed by atoms with van der Waals surface area (Å²) in [5.41, 5.74) is 0.715. The number of rotatable bonds is 5. The SMILES string of the molecule is CN(Cc1ccccn1)S(=O)(=O)Cc1ccc(Cl)cc1F. The summed E-state index contributed by atoms with van der Waals surface area (Å²) in [6.07, 6.45) is 1.59. The molecule has 0 aliphatic carbocycles. The standard InChI is InChI=1S/C14H14ClFN2O2S/c1-18(9-13-4-2-3-7-17-13)21(19,20)10-11-5-6-12(15)8-14(11)16/h2-8H,9-10H2,1H3. The average Bonchev–Trinajstić information content (AvgIpc) is 2.43. The molecule has 0 fully saturated rings. The van der Waals surface area contributed by atoms with Gasteiger partial charge in [0.2, 0.25) is 10.0 Å². The van der Waals surface area contributed by atoms with Crippen LogP contribution in [0.25, 0.3) is 0 Å². The fourth-order valence-electron chi connectivity index (χ4n) is 1.76. The maximum atomic E-state index is 13.7. The van der Waals surface area contributed by atoms with E-state index in [2.05, 4.69) is 4.98 Å². The van der Waals surface area contributed by atoms with Crippen molar-refractivity contribution in [2.75, 3.05) is 7.05 Å². The number of hydrogen-bond donors (Lipinski definition) is 0. The molecule has 2 rings (SSSR count). The molecule has 0 saturated carbocycles. The molecule has 1 aromatic carbocycles. The largest absolute Gasteiger partial charge is 0.260 e. The van der Waals surface area contributed by atoms with Gasteiger partial charge < -0.3 is 0 Å². The maximum Gasteiger partial charge on any atom is 0.218 e. The van der Waals surface area contributed by atoms with Crippen LogP contribution >= 0.6 is 11.6 Å². The molecule has 0 atom stereocenters. The second kappa shape index (κ2) is 6.51. The monoisotopic (exact) mass is 328 g/mol. The van der Waals surface area contributed by atoms with Crippen LogP contribution in [0.4, 0.5) is 4.39 Å². The van der Waals surface area contributed by atoms with Crippen LogP contribution in [0, 0.1) is 5.82 Å². The Morgan fingerprint density at radius 1 is 1.29 bits per heavy atom. The molecular weight excluding hydrogens is 315 g/mol. The predicted octanol–water partition coefficient (Wildman–Crippen LogP) is 2.84. The Hall–Kier alpha value is -1.50. The summed E-state index contributed by atoms with van der Waals surface area (Å²) in [5.74, 6) is -1.04. The van der Waals surface area contributed by atoms with Crippen molar-refractivity contribution in [3.63, 3.8) is 0 Å². The van der Waals surface area contributed by atoms with Gasteiger partial charge in [-0.05, 0) is 24.3 Å². The Kier molecular flexibility index (Phi) is 4.92. The Balaban J connectivity index is 2.14. The minimum atomic E-state index is -3.64. The fourth-order valence-corrected chi connectivity index (χ4v) is 3.10. The molecule has 0 aliphatic rings. The van der Waals surface area contributed by atoms with Gasteiger partial charge in [-0.2, -0.15) is 4.31 Å². The Bertz CT molecular complexity index is 723. The quantitative estimate of drug-likeness (QED) is 0.848. The third kappa shape index (κ3) is 4.23. The maximum absolute atomic E-state index is 13.7. The van der Waals surface area contributed by atoms with Crippen molar-refractivity contribution in [3.05, 3.63) is 64.7 Å². The summed E-state index contributed by atoms with van der Waals surface area (Å²) in [6, 6.07) is 9.21. The van der Waals surface area contributed by atoms with E-state index < -0.39 is 21.6 Å². The average molecular weight is 329 g/mol. The highest BCUT2D eigenvalue weighted by Crippen LogP contribution is 2.18. The summed E-state index contributed by atoms with van der Waals surface area (Å²) in [6.45, 7) is 0.137. The van der Waals surface area contributed by atoms with Crippen molar-refractivity contribution in [2.45, 2.75) is 12.3 Å². The second-order valence-corrected chi connectivity index (χ2v) is 7.08. The van der Waals surface area contributed by atoms with Crippen LogP contribution in [-0.4, -0.2) is 24.8 Å². The minimum absolute atomic E-state index is 0.0901. The zero-order chi connectivity index (χ0) is 15.5. The molecule has 0 unspecified atom stereocenters. The molecule has 0 spiro atoms. The van der Waals surface area contributed by atoms with Crippen LogP contribution < -0.4 is 0 Å². The number of halogens is 2. The number of benzene rings is 1. The van der Waals surface area contributed by atoms with E-state index in [-0.39, 0.29) is 17.1 Å². The van der Waals surface area contributed by atoms with E-state index in [4.69, 9.17) is 11.6 Å². The smallest absolute Gasteiger partial charge is 0.218 e. The first kappa shape index (κ1) is 15.9. The van der Waals surface area contributed by atoms with Crippen molar-refractivity contribution in [1.29, 1.82) is 0 Å². The van der Waals surface area contributed by atoms with E-state index in [1.165, 1.54) is 19.2 Å². The van der Waals surface area contributed by atoms with Crippen molar-refractivity contribution in [1.82, 2.24) is 9.29 Å². The first-order valence-corrected chi connectivity index (χ1v) is 8.15. The summed E-state index contributed by atoms with van der Waals surface area (Å²) in [4.78, 5) is 4.07. The summed E-state index contributed by atoms with van der Waals surface area (Å²) in [7, 11) is -2.19. The van der Waals surface area contributed by atoms with Crippen molar-refractivity contribution < 1.29 is 12.8 Å². The lowest BCUT2D eigenvalue weighted by Gasteiger charge is -2.17. The highest BCUT2D eigenvalue weighted by Gasteiger charge is 2.21. The van der Waals surface area contributed by atoms with Gasteiger partial charge in [0.15, 0.2) is 0 Å². The van der Waals surface area contributed by atoms with Crippen LogP contribution in [0.3, 0.4) is 0 Å². The highest BCUT2D eigenvalue weighted by atomic mass is 35.5. The van der Waals surface area contributed by atoms with Crippen LogP contribution in [0.15, 0.2) is 42.6 Å². The van der Waals surface area contributed by atoms with Crippen LogP contribution in [0.1, 0.15) is 11.3 Å². The van der Waals surface area contributed by atoms with Crippen LogP contribution in [0.2, 0.25) is 5.02 Å². The Morgan fingerprint density at radius 3 is 2.67 bits per heavy atom.